The van der Waals surface area contributed by atoms with E-state index in [1.54, 1.807) is 10.7 Å². The number of amides is 1. The predicted octanol–water partition coefficient (Wildman–Crippen LogP) is 2.14. The molecular weight excluding hydrogens is 387 g/mol. The second kappa shape index (κ2) is 6.25. The van der Waals surface area contributed by atoms with Gasteiger partial charge in [0.2, 0.25) is 5.88 Å². The maximum atomic E-state index is 14.2. The van der Waals surface area contributed by atoms with Gasteiger partial charge in [-0.2, -0.15) is 5.10 Å². The molecule has 0 aromatic carbocycles. The topological polar surface area (TPSA) is 84.7 Å². The summed E-state index contributed by atoms with van der Waals surface area (Å²) in [4.78, 5) is 23.9. The highest BCUT2D eigenvalue weighted by Gasteiger charge is 2.46. The molecule has 2 aliphatic heterocycles. The number of hydrogen-bond donors (Lipinski definition) is 1. The van der Waals surface area contributed by atoms with Crippen molar-refractivity contribution in [3.8, 4) is 5.88 Å². The van der Waals surface area contributed by atoms with Gasteiger partial charge < -0.3 is 15.0 Å². The molecule has 30 heavy (non-hydrogen) atoms. The summed E-state index contributed by atoms with van der Waals surface area (Å²) in [6.45, 7) is 2.87. The van der Waals surface area contributed by atoms with Crippen molar-refractivity contribution in [2.45, 2.75) is 19.1 Å². The SMILES string of the molecule is C[C@@H]1CNC(=O)c2cnn3ccc(nc23)N2C[C@@H]3C=C[C@@H]3[C@H]2c2cc(F)cnc2O1. The van der Waals surface area contributed by atoms with E-state index in [2.05, 4.69) is 32.5 Å². The number of nitrogens with one attached hydrogen (secondary N) is 1. The summed E-state index contributed by atoms with van der Waals surface area (Å²) < 4.78 is 21.9. The highest BCUT2D eigenvalue weighted by atomic mass is 19.1. The van der Waals surface area contributed by atoms with Crippen molar-refractivity contribution in [2.24, 2.45) is 11.8 Å². The van der Waals surface area contributed by atoms with E-state index in [0.717, 1.165) is 12.7 Å². The zero-order valence-electron chi connectivity index (χ0n) is 16.2. The van der Waals surface area contributed by atoms with Crippen LogP contribution in [-0.2, 0) is 0 Å². The van der Waals surface area contributed by atoms with Crippen LogP contribution >= 0.6 is 0 Å². The van der Waals surface area contributed by atoms with E-state index in [9.17, 15) is 9.18 Å². The standard InChI is InChI=1S/C21H19FN6O2/c1-11-7-23-20(29)16-9-25-28-5-4-17(26-19(16)28)27-10-12-2-3-14(12)18(27)15-6-13(22)8-24-21(15)30-11/h2-6,8-9,11-12,14,18H,7,10H2,1H3,(H,23,29)/t11-,12+,14+,18+/m1/s1. The molecule has 2 bridgehead atoms. The highest BCUT2D eigenvalue weighted by Crippen LogP contribution is 2.50. The number of nitrogens with zero attached hydrogens (tertiary/aromatic N) is 5. The molecule has 4 atom stereocenters. The van der Waals surface area contributed by atoms with Crippen LogP contribution < -0.4 is 15.0 Å². The molecule has 8 nitrogen and oxygen atoms in total. The first-order chi connectivity index (χ1) is 14.6. The van der Waals surface area contributed by atoms with Gasteiger partial charge in [-0.3, -0.25) is 4.79 Å². The van der Waals surface area contributed by atoms with E-state index in [1.165, 1.54) is 12.3 Å². The second-order valence-electron chi connectivity index (χ2n) is 8.02. The Morgan fingerprint density at radius 1 is 1.30 bits per heavy atom. The molecule has 9 heteroatoms. The van der Waals surface area contributed by atoms with Crippen LogP contribution in [0.15, 0.2) is 42.9 Å². The van der Waals surface area contributed by atoms with Crippen LogP contribution in [-0.4, -0.2) is 44.7 Å². The van der Waals surface area contributed by atoms with Crippen LogP contribution in [0.4, 0.5) is 10.2 Å². The maximum Gasteiger partial charge on any atom is 0.256 e. The molecule has 1 N–H and O–H groups in total. The van der Waals surface area contributed by atoms with Gasteiger partial charge in [0.05, 0.1) is 25.0 Å². The first-order valence-electron chi connectivity index (χ1n) is 9.98. The smallest absolute Gasteiger partial charge is 0.256 e. The lowest BCUT2D eigenvalue weighted by Crippen LogP contribution is -2.34. The van der Waals surface area contributed by atoms with Crippen molar-refractivity contribution in [1.82, 2.24) is 24.9 Å². The average molecular weight is 406 g/mol. The minimum Gasteiger partial charge on any atom is -0.473 e. The van der Waals surface area contributed by atoms with Crippen molar-refractivity contribution in [1.29, 1.82) is 0 Å². The lowest BCUT2D eigenvalue weighted by atomic mass is 9.79. The van der Waals surface area contributed by atoms with Crippen molar-refractivity contribution in [3.63, 3.8) is 0 Å². The zero-order valence-corrected chi connectivity index (χ0v) is 16.2. The van der Waals surface area contributed by atoms with Crippen LogP contribution in [0.2, 0.25) is 0 Å². The molecule has 1 saturated heterocycles. The Morgan fingerprint density at radius 3 is 3.03 bits per heavy atom. The zero-order chi connectivity index (χ0) is 20.4. The average Bonchev–Trinajstić information content (AvgIpc) is 3.25. The van der Waals surface area contributed by atoms with Crippen molar-refractivity contribution < 1.29 is 13.9 Å². The van der Waals surface area contributed by atoms with Crippen molar-refractivity contribution in [2.75, 3.05) is 18.0 Å². The van der Waals surface area contributed by atoms with Crippen LogP contribution in [0, 0.1) is 17.7 Å². The predicted molar refractivity (Wildman–Crippen MR) is 106 cm³/mol. The van der Waals surface area contributed by atoms with Crippen LogP contribution in [0.3, 0.4) is 0 Å². The van der Waals surface area contributed by atoms with E-state index in [4.69, 9.17) is 9.72 Å². The minimum atomic E-state index is -0.407. The monoisotopic (exact) mass is 406 g/mol. The minimum absolute atomic E-state index is 0.156. The Bertz CT molecular complexity index is 1210. The Balaban J connectivity index is 1.56. The molecule has 0 spiro atoms. The first kappa shape index (κ1) is 17.4. The fourth-order valence-electron chi connectivity index (χ4n) is 4.57. The van der Waals surface area contributed by atoms with Crippen LogP contribution in [0.1, 0.15) is 28.9 Å². The first-order valence-corrected chi connectivity index (χ1v) is 9.98. The van der Waals surface area contributed by atoms with Gasteiger partial charge in [0.25, 0.3) is 5.91 Å². The molecule has 6 rings (SSSR count). The van der Waals surface area contributed by atoms with Gasteiger partial charge in [0, 0.05) is 30.1 Å². The quantitative estimate of drug-likeness (QED) is 0.576. The van der Waals surface area contributed by atoms with Gasteiger partial charge in [-0.25, -0.2) is 18.9 Å². The summed E-state index contributed by atoms with van der Waals surface area (Å²) in [5, 5.41) is 7.11. The van der Waals surface area contributed by atoms with E-state index in [-0.39, 0.29) is 30.5 Å². The summed E-state index contributed by atoms with van der Waals surface area (Å²) in [6, 6.07) is 3.22. The Hall–Kier alpha value is -3.49. The molecule has 3 aliphatic rings. The van der Waals surface area contributed by atoms with Gasteiger partial charge in [-0.15, -0.1) is 0 Å². The number of ether oxygens (including phenoxy) is 1. The van der Waals surface area contributed by atoms with Gasteiger partial charge in [0.15, 0.2) is 5.65 Å². The Kier molecular flexibility index (Phi) is 3.62. The Labute approximate surface area is 171 Å². The molecule has 1 fully saturated rings. The maximum absolute atomic E-state index is 14.2. The van der Waals surface area contributed by atoms with Crippen LogP contribution in [0.25, 0.3) is 5.65 Å². The van der Waals surface area contributed by atoms with Crippen molar-refractivity contribution in [3.05, 3.63) is 59.8 Å². The van der Waals surface area contributed by atoms with E-state index >= 15 is 0 Å². The number of carbonyl (C=O) groups excluding carboxylic acids is 1. The molecule has 3 aromatic rings. The number of pyridine rings is 1. The largest absolute Gasteiger partial charge is 0.473 e. The molecule has 3 aromatic heterocycles. The lowest BCUT2D eigenvalue weighted by molar-refractivity contribution is 0.0931. The molecule has 5 heterocycles. The number of rotatable bonds is 0. The third kappa shape index (κ3) is 2.51. The van der Waals surface area contributed by atoms with Gasteiger partial charge in [-0.05, 0) is 19.1 Å². The third-order valence-electron chi connectivity index (χ3n) is 6.10. The number of carbonyl (C=O) groups is 1. The number of anilines is 1. The van der Waals surface area contributed by atoms with Crippen LogP contribution in [0.5, 0.6) is 5.88 Å². The number of halogens is 1. The molecule has 1 aliphatic carbocycles. The number of fused-ring (bicyclic) bond motifs is 7. The summed E-state index contributed by atoms with van der Waals surface area (Å²) in [5.41, 5.74) is 1.59. The Morgan fingerprint density at radius 2 is 2.20 bits per heavy atom. The van der Waals surface area contributed by atoms with E-state index in [1.807, 2.05) is 13.0 Å². The summed E-state index contributed by atoms with van der Waals surface area (Å²) in [6.07, 6.45) is 8.45. The summed E-state index contributed by atoms with van der Waals surface area (Å²) in [7, 11) is 0. The summed E-state index contributed by atoms with van der Waals surface area (Å²) in [5.74, 6) is 0.992. The van der Waals surface area contributed by atoms with E-state index in [0.29, 0.717) is 34.4 Å². The van der Waals surface area contributed by atoms with Gasteiger partial charge in [-0.1, -0.05) is 12.2 Å². The molecular formula is C21H19FN6O2. The van der Waals surface area contributed by atoms with E-state index < -0.39 is 5.82 Å². The molecule has 0 radical (unpaired) electrons. The van der Waals surface area contributed by atoms with Crippen molar-refractivity contribution >= 4 is 17.4 Å². The second-order valence-corrected chi connectivity index (χ2v) is 8.02. The third-order valence-corrected chi connectivity index (χ3v) is 6.10. The molecule has 1 amide bonds. The number of aromatic nitrogens is 4. The molecule has 0 unspecified atom stereocenters. The fourth-order valence-corrected chi connectivity index (χ4v) is 4.57. The van der Waals surface area contributed by atoms with Gasteiger partial charge in [0.1, 0.15) is 23.3 Å². The number of hydrogen-bond acceptors (Lipinski definition) is 6. The summed E-state index contributed by atoms with van der Waals surface area (Å²) >= 11 is 0. The highest BCUT2D eigenvalue weighted by molar-refractivity contribution is 5.99. The fraction of sp³-hybridized carbons (Fsp3) is 0.333. The normalized spacial score (nSPS) is 27.1. The van der Waals surface area contributed by atoms with Gasteiger partial charge >= 0.3 is 0 Å². The molecule has 152 valence electrons. The molecule has 0 saturated carbocycles. The lowest BCUT2D eigenvalue weighted by Gasteiger charge is -2.31.